The van der Waals surface area contributed by atoms with Crippen LogP contribution in [0.4, 0.5) is 0 Å². The number of ether oxygens (including phenoxy) is 1. The Bertz CT molecular complexity index is 427. The van der Waals surface area contributed by atoms with Crippen LogP contribution in [0.3, 0.4) is 0 Å². The van der Waals surface area contributed by atoms with Crippen molar-refractivity contribution in [2.45, 2.75) is 12.5 Å². The van der Waals surface area contributed by atoms with Gasteiger partial charge in [0.05, 0.1) is 5.56 Å². The molecule has 0 fully saturated rings. The van der Waals surface area contributed by atoms with Crippen LogP contribution in [0.25, 0.3) is 0 Å². The Morgan fingerprint density at radius 3 is 2.70 bits per heavy atom. The summed E-state index contributed by atoms with van der Waals surface area (Å²) in [6, 6.07) is 7.56. The van der Waals surface area contributed by atoms with E-state index in [0.717, 1.165) is 13.1 Å². The Hall–Kier alpha value is -0.810. The molecule has 0 saturated carbocycles. The molecule has 1 heterocycles. The minimum absolute atomic E-state index is 0. The van der Waals surface area contributed by atoms with Crippen molar-refractivity contribution in [3.05, 3.63) is 29.8 Å². The van der Waals surface area contributed by atoms with Crippen LogP contribution in [-0.2, 0) is 0 Å². The molecular formula is C14H22Cl2N2O2. The molecule has 2 rings (SSSR count). The van der Waals surface area contributed by atoms with E-state index in [2.05, 4.69) is 10.2 Å². The van der Waals surface area contributed by atoms with E-state index < -0.39 is 0 Å². The van der Waals surface area contributed by atoms with E-state index in [9.17, 15) is 4.79 Å². The number of carbonyl (C=O) groups is 1. The molecule has 1 aliphatic rings. The van der Waals surface area contributed by atoms with Crippen LogP contribution >= 0.6 is 24.8 Å². The highest BCUT2D eigenvalue weighted by molar-refractivity contribution is 5.99. The zero-order valence-electron chi connectivity index (χ0n) is 11.8. The summed E-state index contributed by atoms with van der Waals surface area (Å²) in [5, 5.41) is 3.37. The molecule has 0 amide bonds. The molecule has 0 bridgehead atoms. The van der Waals surface area contributed by atoms with Crippen molar-refractivity contribution < 1.29 is 9.53 Å². The first kappa shape index (κ1) is 19.2. The van der Waals surface area contributed by atoms with Crippen molar-refractivity contribution in [3.63, 3.8) is 0 Å². The predicted octanol–water partition coefficient (Wildman–Crippen LogP) is 2.02. The van der Waals surface area contributed by atoms with Crippen molar-refractivity contribution in [1.29, 1.82) is 0 Å². The molecule has 1 atom stereocenters. The van der Waals surface area contributed by atoms with Crippen molar-refractivity contribution in [3.8, 4) is 5.75 Å². The van der Waals surface area contributed by atoms with Gasteiger partial charge in [-0.15, -0.1) is 24.8 Å². The van der Waals surface area contributed by atoms with Gasteiger partial charge in [-0.1, -0.05) is 12.1 Å². The smallest absolute Gasteiger partial charge is 0.168 e. The minimum Gasteiger partial charge on any atom is -0.491 e. The highest BCUT2D eigenvalue weighted by atomic mass is 35.5. The highest BCUT2D eigenvalue weighted by Crippen LogP contribution is 2.23. The van der Waals surface area contributed by atoms with Gasteiger partial charge in [-0.2, -0.15) is 0 Å². The summed E-state index contributed by atoms with van der Waals surface area (Å²) in [4.78, 5) is 14.2. The van der Waals surface area contributed by atoms with Crippen LogP contribution in [0.5, 0.6) is 5.75 Å². The zero-order valence-corrected chi connectivity index (χ0v) is 13.4. The van der Waals surface area contributed by atoms with Crippen LogP contribution in [0.1, 0.15) is 16.8 Å². The van der Waals surface area contributed by atoms with Gasteiger partial charge in [0.2, 0.25) is 0 Å². The molecule has 114 valence electrons. The number of nitrogens with one attached hydrogen (secondary N) is 1. The van der Waals surface area contributed by atoms with Crippen LogP contribution in [0, 0.1) is 0 Å². The van der Waals surface area contributed by atoms with E-state index in [1.165, 1.54) is 0 Å². The lowest BCUT2D eigenvalue weighted by Gasteiger charge is -2.17. The quantitative estimate of drug-likeness (QED) is 0.921. The van der Waals surface area contributed by atoms with Gasteiger partial charge in [-0.05, 0) is 26.2 Å². The molecule has 1 aliphatic heterocycles. The minimum atomic E-state index is 0. The number of Topliss-reactive ketones (excluding diaryl/α,β-unsaturated/α-hetero) is 1. The van der Waals surface area contributed by atoms with E-state index in [1.54, 1.807) is 0 Å². The lowest BCUT2D eigenvalue weighted by molar-refractivity contribution is 0.0971. The summed E-state index contributed by atoms with van der Waals surface area (Å²) >= 11 is 0. The Morgan fingerprint density at radius 2 is 2.00 bits per heavy atom. The number of carbonyl (C=O) groups excluding carboxylic acids is 1. The summed E-state index contributed by atoms with van der Waals surface area (Å²) in [7, 11) is 4.07. The predicted molar refractivity (Wildman–Crippen MR) is 85.7 cm³/mol. The van der Waals surface area contributed by atoms with Gasteiger partial charge in [-0.3, -0.25) is 4.79 Å². The van der Waals surface area contributed by atoms with Crippen LogP contribution in [-0.4, -0.2) is 50.5 Å². The first-order valence-electron chi connectivity index (χ1n) is 6.30. The maximum absolute atomic E-state index is 12.1. The van der Waals surface area contributed by atoms with Crippen molar-refractivity contribution >= 4 is 30.6 Å². The molecule has 1 aromatic rings. The van der Waals surface area contributed by atoms with Crippen molar-refractivity contribution in [1.82, 2.24) is 10.2 Å². The van der Waals surface area contributed by atoms with E-state index in [-0.39, 0.29) is 36.6 Å². The molecule has 1 N–H and O–H groups in total. The molecule has 0 radical (unpaired) electrons. The van der Waals surface area contributed by atoms with Gasteiger partial charge in [0, 0.05) is 25.6 Å². The first-order valence-corrected chi connectivity index (χ1v) is 6.30. The largest absolute Gasteiger partial charge is 0.491 e. The standard InChI is InChI=1S/C14H20N2O2.2ClH/c1-16(2)8-7-15-11-9-13(17)12-5-3-4-6-14(12)18-10-11;;/h3-6,11,15H,7-10H2,1-2H3;2*1H. The van der Waals surface area contributed by atoms with Crippen LogP contribution in [0.2, 0.25) is 0 Å². The fourth-order valence-electron chi connectivity index (χ4n) is 2.03. The van der Waals surface area contributed by atoms with Gasteiger partial charge in [0.1, 0.15) is 12.4 Å². The van der Waals surface area contributed by atoms with Gasteiger partial charge in [-0.25, -0.2) is 0 Å². The number of likely N-dealkylation sites (N-methyl/N-ethyl adjacent to an activating group) is 1. The number of nitrogens with zero attached hydrogens (tertiary/aromatic N) is 1. The number of halogens is 2. The van der Waals surface area contributed by atoms with E-state index in [1.807, 2.05) is 38.4 Å². The van der Waals surface area contributed by atoms with E-state index in [0.29, 0.717) is 24.3 Å². The second kappa shape index (κ2) is 9.19. The maximum atomic E-state index is 12.1. The summed E-state index contributed by atoms with van der Waals surface area (Å²) in [6.07, 6.45) is 0.504. The topological polar surface area (TPSA) is 41.6 Å². The Morgan fingerprint density at radius 1 is 1.30 bits per heavy atom. The molecule has 20 heavy (non-hydrogen) atoms. The molecule has 0 spiro atoms. The maximum Gasteiger partial charge on any atom is 0.168 e. The van der Waals surface area contributed by atoms with Gasteiger partial charge >= 0.3 is 0 Å². The second-order valence-electron chi connectivity index (χ2n) is 4.89. The average molecular weight is 321 g/mol. The number of hydrogen-bond acceptors (Lipinski definition) is 4. The lowest BCUT2D eigenvalue weighted by Crippen LogP contribution is -2.39. The zero-order chi connectivity index (χ0) is 13.0. The number of para-hydroxylation sites is 1. The first-order chi connectivity index (χ1) is 8.66. The average Bonchev–Trinajstić information content (AvgIpc) is 2.50. The normalized spacial score (nSPS) is 17.4. The third-order valence-electron chi connectivity index (χ3n) is 3.05. The summed E-state index contributed by atoms with van der Waals surface area (Å²) in [6.45, 7) is 2.37. The summed E-state index contributed by atoms with van der Waals surface area (Å²) in [5.74, 6) is 0.866. The molecule has 0 aliphatic carbocycles. The number of ketones is 1. The van der Waals surface area contributed by atoms with E-state index in [4.69, 9.17) is 4.74 Å². The van der Waals surface area contributed by atoms with Crippen molar-refractivity contribution in [2.75, 3.05) is 33.8 Å². The fourth-order valence-corrected chi connectivity index (χ4v) is 2.03. The number of hydrogen-bond donors (Lipinski definition) is 1. The summed E-state index contributed by atoms with van der Waals surface area (Å²) in [5.41, 5.74) is 0.703. The van der Waals surface area contributed by atoms with Gasteiger partial charge in [0.25, 0.3) is 0 Å². The Balaban J connectivity index is 0.00000180. The SMILES string of the molecule is CN(C)CCNC1COc2ccccc2C(=O)C1.Cl.Cl. The fraction of sp³-hybridized carbons (Fsp3) is 0.500. The molecule has 1 unspecified atom stereocenters. The van der Waals surface area contributed by atoms with E-state index >= 15 is 0 Å². The summed E-state index contributed by atoms with van der Waals surface area (Å²) < 4.78 is 5.69. The third-order valence-corrected chi connectivity index (χ3v) is 3.05. The molecule has 0 aromatic heterocycles. The molecule has 6 heteroatoms. The van der Waals surface area contributed by atoms with Gasteiger partial charge in [0.15, 0.2) is 5.78 Å². The van der Waals surface area contributed by atoms with Gasteiger partial charge < -0.3 is 15.0 Å². The molecule has 4 nitrogen and oxygen atoms in total. The third kappa shape index (κ3) is 5.29. The molecular weight excluding hydrogens is 299 g/mol. The Kier molecular flexibility index (Phi) is 8.81. The number of fused-ring (bicyclic) bond motifs is 1. The Labute approximate surface area is 132 Å². The number of rotatable bonds is 4. The van der Waals surface area contributed by atoms with Crippen LogP contribution < -0.4 is 10.1 Å². The van der Waals surface area contributed by atoms with Crippen LogP contribution in [0.15, 0.2) is 24.3 Å². The molecule has 1 aromatic carbocycles. The number of benzene rings is 1. The molecule has 0 saturated heterocycles. The second-order valence-corrected chi connectivity index (χ2v) is 4.89. The monoisotopic (exact) mass is 320 g/mol. The lowest BCUT2D eigenvalue weighted by atomic mass is 10.0. The van der Waals surface area contributed by atoms with Crippen molar-refractivity contribution in [2.24, 2.45) is 0 Å². The highest BCUT2D eigenvalue weighted by Gasteiger charge is 2.22.